The van der Waals surface area contributed by atoms with Crippen molar-refractivity contribution in [1.82, 2.24) is 0 Å². The zero-order valence-corrected chi connectivity index (χ0v) is 16.7. The van der Waals surface area contributed by atoms with E-state index in [9.17, 15) is 14.4 Å². The standard InChI is InChI=1S/C21H24O8/c1-20(2,3)29-19(24)26-12-21(18(23)25-4)11-10-14(15-16(21)28-15)27-17(22)13-8-6-5-7-9-13/h5-11,14-16H,12H2,1-4H3/t14-,15+,16+,21+/m0/s1. The average Bonchev–Trinajstić information content (AvgIpc) is 3.48. The van der Waals surface area contributed by atoms with Gasteiger partial charge in [-0.1, -0.05) is 24.3 Å². The largest absolute Gasteiger partial charge is 0.508 e. The number of ether oxygens (including phenoxy) is 5. The monoisotopic (exact) mass is 404 g/mol. The minimum Gasteiger partial charge on any atom is -0.468 e. The first-order valence-electron chi connectivity index (χ1n) is 9.21. The highest BCUT2D eigenvalue weighted by Crippen LogP contribution is 2.47. The van der Waals surface area contributed by atoms with E-state index in [0.717, 1.165) is 0 Å². The van der Waals surface area contributed by atoms with Crippen LogP contribution >= 0.6 is 0 Å². The van der Waals surface area contributed by atoms with E-state index < -0.39 is 47.4 Å². The molecule has 8 nitrogen and oxygen atoms in total. The third kappa shape index (κ3) is 4.59. The van der Waals surface area contributed by atoms with E-state index in [1.165, 1.54) is 13.2 Å². The van der Waals surface area contributed by atoms with Gasteiger partial charge in [-0.05, 0) is 39.0 Å². The molecule has 156 valence electrons. The molecule has 0 unspecified atom stereocenters. The number of esters is 2. The van der Waals surface area contributed by atoms with Crippen molar-refractivity contribution in [1.29, 1.82) is 0 Å². The normalized spacial score (nSPS) is 27.4. The number of carbonyl (C=O) groups excluding carboxylic acids is 3. The van der Waals surface area contributed by atoms with Gasteiger partial charge < -0.3 is 23.7 Å². The number of fused-ring (bicyclic) bond motifs is 1. The minimum atomic E-state index is -1.33. The van der Waals surface area contributed by atoms with Crippen LogP contribution in [0.15, 0.2) is 42.5 Å². The summed E-state index contributed by atoms with van der Waals surface area (Å²) in [6.07, 6.45) is 0.339. The Labute approximate surface area is 168 Å². The molecule has 8 heteroatoms. The molecular weight excluding hydrogens is 380 g/mol. The summed E-state index contributed by atoms with van der Waals surface area (Å²) in [5.41, 5.74) is -1.64. The van der Waals surface area contributed by atoms with Crippen LogP contribution in [-0.4, -0.2) is 55.7 Å². The van der Waals surface area contributed by atoms with Crippen LogP contribution in [0.4, 0.5) is 4.79 Å². The molecule has 0 N–H and O–H groups in total. The van der Waals surface area contributed by atoms with E-state index in [1.807, 2.05) is 0 Å². The van der Waals surface area contributed by atoms with Crippen LogP contribution in [0, 0.1) is 5.41 Å². The molecule has 1 saturated heterocycles. The van der Waals surface area contributed by atoms with Crippen LogP contribution in [0.25, 0.3) is 0 Å². The van der Waals surface area contributed by atoms with E-state index >= 15 is 0 Å². The van der Waals surface area contributed by atoms with Gasteiger partial charge in [0.05, 0.1) is 12.7 Å². The lowest BCUT2D eigenvalue weighted by Crippen LogP contribution is -2.46. The van der Waals surface area contributed by atoms with Crippen molar-refractivity contribution in [2.75, 3.05) is 13.7 Å². The first-order chi connectivity index (χ1) is 13.7. The molecule has 0 radical (unpaired) electrons. The Morgan fingerprint density at radius 3 is 2.45 bits per heavy atom. The Kier molecular flexibility index (Phi) is 5.66. The number of rotatable bonds is 5. The molecule has 1 aliphatic carbocycles. The molecule has 1 aromatic rings. The highest BCUT2D eigenvalue weighted by atomic mass is 16.7. The SMILES string of the molecule is COC(=O)[C@@]1(COC(=O)OC(C)(C)C)C=C[C@H](OC(=O)c2ccccc2)[C@H]2O[C@H]21. The van der Waals surface area contributed by atoms with Crippen molar-refractivity contribution in [3.8, 4) is 0 Å². The van der Waals surface area contributed by atoms with Crippen molar-refractivity contribution >= 4 is 18.1 Å². The fraction of sp³-hybridized carbons (Fsp3) is 0.476. The number of benzene rings is 1. The second-order valence-electron chi connectivity index (χ2n) is 7.90. The molecule has 0 spiro atoms. The fourth-order valence-corrected chi connectivity index (χ4v) is 3.15. The quantitative estimate of drug-likeness (QED) is 0.320. The van der Waals surface area contributed by atoms with Gasteiger partial charge in [0, 0.05) is 0 Å². The number of methoxy groups -OCH3 is 1. The predicted octanol–water partition coefficient (Wildman–Crippen LogP) is 2.66. The first-order valence-corrected chi connectivity index (χ1v) is 9.21. The Balaban J connectivity index is 1.71. The number of epoxide rings is 1. The second kappa shape index (κ2) is 7.87. The molecule has 1 heterocycles. The maximum Gasteiger partial charge on any atom is 0.508 e. The molecule has 1 aromatic carbocycles. The van der Waals surface area contributed by atoms with Crippen LogP contribution < -0.4 is 0 Å². The van der Waals surface area contributed by atoms with Gasteiger partial charge in [-0.15, -0.1) is 0 Å². The van der Waals surface area contributed by atoms with Crippen LogP contribution in [-0.2, 0) is 28.5 Å². The molecule has 0 saturated carbocycles. The average molecular weight is 404 g/mol. The summed E-state index contributed by atoms with van der Waals surface area (Å²) in [5.74, 6) is -1.11. The first kappa shape index (κ1) is 20.9. The van der Waals surface area contributed by atoms with E-state index in [0.29, 0.717) is 5.56 Å². The van der Waals surface area contributed by atoms with E-state index in [4.69, 9.17) is 23.7 Å². The molecule has 29 heavy (non-hydrogen) atoms. The van der Waals surface area contributed by atoms with Gasteiger partial charge in [0.1, 0.15) is 35.9 Å². The summed E-state index contributed by atoms with van der Waals surface area (Å²) in [7, 11) is 1.24. The minimum absolute atomic E-state index is 0.314. The van der Waals surface area contributed by atoms with Crippen molar-refractivity contribution in [2.24, 2.45) is 5.41 Å². The second-order valence-corrected chi connectivity index (χ2v) is 7.90. The van der Waals surface area contributed by atoms with Gasteiger partial charge in [-0.25, -0.2) is 9.59 Å². The summed E-state index contributed by atoms with van der Waals surface area (Å²) in [5, 5.41) is 0. The zero-order chi connectivity index (χ0) is 21.2. The molecule has 0 bridgehead atoms. The maximum absolute atomic E-state index is 12.5. The van der Waals surface area contributed by atoms with Crippen LogP contribution in [0.5, 0.6) is 0 Å². The van der Waals surface area contributed by atoms with Crippen molar-refractivity contribution < 1.29 is 38.1 Å². The lowest BCUT2D eigenvalue weighted by atomic mass is 9.78. The topological polar surface area (TPSA) is 101 Å². The molecule has 2 aliphatic rings. The summed E-state index contributed by atoms with van der Waals surface area (Å²) in [4.78, 5) is 36.7. The molecule has 4 atom stereocenters. The fourth-order valence-electron chi connectivity index (χ4n) is 3.15. The Morgan fingerprint density at radius 1 is 1.14 bits per heavy atom. The van der Waals surface area contributed by atoms with Crippen LogP contribution in [0.2, 0.25) is 0 Å². The molecule has 0 amide bonds. The summed E-state index contributed by atoms with van der Waals surface area (Å²) >= 11 is 0. The van der Waals surface area contributed by atoms with E-state index in [-0.39, 0.29) is 6.61 Å². The number of carbonyl (C=O) groups is 3. The maximum atomic E-state index is 12.5. The molecule has 1 fully saturated rings. The van der Waals surface area contributed by atoms with E-state index in [2.05, 4.69) is 0 Å². The number of hydrogen-bond acceptors (Lipinski definition) is 8. The van der Waals surface area contributed by atoms with Gasteiger partial charge in [0.25, 0.3) is 0 Å². The van der Waals surface area contributed by atoms with Crippen molar-refractivity contribution in [3.05, 3.63) is 48.0 Å². The van der Waals surface area contributed by atoms with Crippen molar-refractivity contribution in [2.45, 2.75) is 44.7 Å². The third-order valence-corrected chi connectivity index (χ3v) is 4.58. The lowest BCUT2D eigenvalue weighted by Gasteiger charge is -2.29. The molecule has 0 aromatic heterocycles. The van der Waals surface area contributed by atoms with Gasteiger partial charge in [-0.2, -0.15) is 0 Å². The van der Waals surface area contributed by atoms with Gasteiger partial charge in [0.15, 0.2) is 0 Å². The highest BCUT2D eigenvalue weighted by molar-refractivity contribution is 5.89. The smallest absolute Gasteiger partial charge is 0.468 e. The van der Waals surface area contributed by atoms with Gasteiger partial charge in [-0.3, -0.25) is 4.79 Å². The Bertz CT molecular complexity index is 810. The molecule has 1 aliphatic heterocycles. The molecular formula is C21H24O8. The summed E-state index contributed by atoms with van der Waals surface area (Å²) in [6, 6.07) is 8.56. The van der Waals surface area contributed by atoms with Crippen LogP contribution in [0.1, 0.15) is 31.1 Å². The van der Waals surface area contributed by atoms with Crippen molar-refractivity contribution in [3.63, 3.8) is 0 Å². The highest BCUT2D eigenvalue weighted by Gasteiger charge is 2.64. The summed E-state index contributed by atoms with van der Waals surface area (Å²) in [6.45, 7) is 4.80. The van der Waals surface area contributed by atoms with Gasteiger partial charge >= 0.3 is 18.1 Å². The predicted molar refractivity (Wildman–Crippen MR) is 100 cm³/mol. The Hall–Kier alpha value is -2.87. The lowest BCUT2D eigenvalue weighted by molar-refractivity contribution is -0.154. The number of hydrogen-bond donors (Lipinski definition) is 0. The van der Waals surface area contributed by atoms with Gasteiger partial charge in [0.2, 0.25) is 0 Å². The van der Waals surface area contributed by atoms with E-state index in [1.54, 1.807) is 57.2 Å². The summed E-state index contributed by atoms with van der Waals surface area (Å²) < 4.78 is 26.3. The third-order valence-electron chi connectivity index (χ3n) is 4.58. The van der Waals surface area contributed by atoms with Crippen LogP contribution in [0.3, 0.4) is 0 Å². The Morgan fingerprint density at radius 2 is 1.83 bits per heavy atom. The zero-order valence-electron chi connectivity index (χ0n) is 16.7. The molecule has 3 rings (SSSR count).